The van der Waals surface area contributed by atoms with E-state index in [-0.39, 0.29) is 0 Å². The Hall–Kier alpha value is -2.01. The molecule has 0 aromatic heterocycles. The quantitative estimate of drug-likeness (QED) is 0.727. The molecule has 1 heterocycles. The van der Waals surface area contributed by atoms with Gasteiger partial charge in [0.2, 0.25) is 0 Å². The number of rotatable bonds is 4. The molecule has 0 spiro atoms. The van der Waals surface area contributed by atoms with Crippen LogP contribution < -0.4 is 0 Å². The van der Waals surface area contributed by atoms with Crippen molar-refractivity contribution in [1.29, 1.82) is 0 Å². The van der Waals surface area contributed by atoms with Gasteiger partial charge >= 0.3 is 6.72 Å². The van der Waals surface area contributed by atoms with Gasteiger partial charge in [-0.3, -0.25) is 4.52 Å². The summed E-state index contributed by atoms with van der Waals surface area (Å²) < 4.78 is 16.3. The molecule has 5 nitrogen and oxygen atoms in total. The first kappa shape index (κ1) is 17.8. The van der Waals surface area contributed by atoms with E-state index >= 15 is 0 Å². The van der Waals surface area contributed by atoms with Crippen molar-refractivity contribution in [2.75, 3.05) is 6.61 Å². The SMILES string of the molecule is CCOP1(=S)ON=C(c2ccc(C)cc2)C(c2ccc(C)cc2)=NO1. The summed E-state index contributed by atoms with van der Waals surface area (Å²) in [5.41, 5.74) is 5.18. The van der Waals surface area contributed by atoms with Crippen LogP contribution in [0.1, 0.15) is 29.2 Å². The molecule has 3 rings (SSSR count). The summed E-state index contributed by atoms with van der Waals surface area (Å²) in [6.07, 6.45) is 0. The Bertz CT molecular complexity index is 793. The Morgan fingerprint density at radius 1 is 0.840 bits per heavy atom. The third-order valence-electron chi connectivity index (χ3n) is 3.63. The second-order valence-electron chi connectivity index (χ2n) is 5.64. The summed E-state index contributed by atoms with van der Waals surface area (Å²) in [5.74, 6) is 0. The van der Waals surface area contributed by atoms with Crippen LogP contribution in [0.2, 0.25) is 0 Å². The number of nitrogens with zero attached hydrogens (tertiary/aromatic N) is 2. The number of hydrogen-bond donors (Lipinski definition) is 0. The summed E-state index contributed by atoms with van der Waals surface area (Å²) in [6, 6.07) is 15.9. The zero-order valence-corrected chi connectivity index (χ0v) is 16.0. The van der Waals surface area contributed by atoms with Gasteiger partial charge in [-0.15, -0.1) is 0 Å². The number of hydrogen-bond acceptors (Lipinski definition) is 6. The zero-order chi connectivity index (χ0) is 17.9. The molecule has 0 radical (unpaired) electrons. The van der Waals surface area contributed by atoms with Crippen LogP contribution in [0.15, 0.2) is 58.8 Å². The minimum Gasteiger partial charge on any atom is -0.302 e. The van der Waals surface area contributed by atoms with Crippen LogP contribution >= 0.6 is 6.72 Å². The van der Waals surface area contributed by atoms with E-state index in [9.17, 15) is 0 Å². The van der Waals surface area contributed by atoms with Crippen LogP contribution in [0.25, 0.3) is 0 Å². The largest absolute Gasteiger partial charge is 0.476 e. The molecule has 2 aromatic carbocycles. The van der Waals surface area contributed by atoms with Crippen molar-refractivity contribution in [3.05, 3.63) is 70.8 Å². The fourth-order valence-corrected chi connectivity index (χ4v) is 3.61. The molecular weight excluding hydrogens is 355 g/mol. The average Bonchev–Trinajstić information content (AvgIpc) is 2.76. The predicted molar refractivity (Wildman–Crippen MR) is 104 cm³/mol. The van der Waals surface area contributed by atoms with Crippen molar-refractivity contribution in [1.82, 2.24) is 0 Å². The van der Waals surface area contributed by atoms with Crippen molar-refractivity contribution in [2.45, 2.75) is 20.8 Å². The summed E-state index contributed by atoms with van der Waals surface area (Å²) in [5, 5.41) is 8.51. The lowest BCUT2D eigenvalue weighted by molar-refractivity contribution is 0.174. The van der Waals surface area contributed by atoms with Crippen molar-refractivity contribution < 1.29 is 13.8 Å². The molecule has 0 unspecified atom stereocenters. The Morgan fingerprint density at radius 3 is 1.60 bits per heavy atom. The standard InChI is InChI=1S/C18H19N2O3PS/c1-4-21-24(25)22-19-17(15-9-5-13(2)6-10-15)18(20-23-24)16-11-7-14(3)8-12-16/h5-12H,4H2,1-3H3. The van der Waals surface area contributed by atoms with Gasteiger partial charge in [-0.05, 0) is 20.8 Å². The van der Waals surface area contributed by atoms with E-state index in [1.54, 1.807) is 0 Å². The first-order valence-corrected chi connectivity index (χ1v) is 10.5. The predicted octanol–water partition coefficient (Wildman–Crippen LogP) is 4.72. The van der Waals surface area contributed by atoms with Gasteiger partial charge in [0.05, 0.1) is 6.61 Å². The molecule has 0 fully saturated rings. The maximum Gasteiger partial charge on any atom is 0.476 e. The van der Waals surface area contributed by atoms with Crippen LogP contribution in [0.3, 0.4) is 0 Å². The first-order chi connectivity index (χ1) is 12.0. The summed E-state index contributed by atoms with van der Waals surface area (Å²) >= 11 is 5.32. The smallest absolute Gasteiger partial charge is 0.302 e. The normalized spacial score (nSPS) is 16.1. The molecule has 0 N–H and O–H groups in total. The van der Waals surface area contributed by atoms with Gasteiger partial charge in [-0.1, -0.05) is 70.0 Å². The Morgan fingerprint density at radius 2 is 1.24 bits per heavy atom. The van der Waals surface area contributed by atoms with Crippen LogP contribution in [0, 0.1) is 13.8 Å². The van der Waals surface area contributed by atoms with Crippen molar-refractivity contribution in [2.24, 2.45) is 10.3 Å². The van der Waals surface area contributed by atoms with Gasteiger partial charge < -0.3 is 9.25 Å². The topological polar surface area (TPSA) is 52.4 Å². The molecule has 1 aliphatic heterocycles. The molecule has 1 aliphatic rings. The van der Waals surface area contributed by atoms with Gasteiger partial charge in [0, 0.05) is 22.9 Å². The van der Waals surface area contributed by atoms with E-state index in [1.165, 1.54) is 0 Å². The Balaban J connectivity index is 2.09. The fraction of sp³-hybridized carbons (Fsp3) is 0.222. The molecule has 0 saturated heterocycles. The third-order valence-corrected chi connectivity index (χ3v) is 5.48. The highest BCUT2D eigenvalue weighted by atomic mass is 32.5. The highest BCUT2D eigenvalue weighted by Crippen LogP contribution is 2.51. The van der Waals surface area contributed by atoms with E-state index < -0.39 is 6.72 Å². The van der Waals surface area contributed by atoms with Gasteiger partial charge in [-0.2, -0.15) is 0 Å². The molecule has 2 aromatic rings. The molecule has 25 heavy (non-hydrogen) atoms. The van der Waals surface area contributed by atoms with Crippen molar-refractivity contribution in [3.63, 3.8) is 0 Å². The highest BCUT2D eigenvalue weighted by Gasteiger charge is 2.29. The Kier molecular flexibility index (Phi) is 5.33. The molecule has 0 saturated carbocycles. The van der Waals surface area contributed by atoms with Crippen LogP contribution in [-0.2, 0) is 25.6 Å². The molecular formula is C18H19N2O3PS. The lowest BCUT2D eigenvalue weighted by atomic mass is 9.98. The van der Waals surface area contributed by atoms with E-state index in [4.69, 9.17) is 25.6 Å². The summed E-state index contributed by atoms with van der Waals surface area (Å²) in [7, 11) is 0. The maximum absolute atomic E-state index is 5.46. The lowest BCUT2D eigenvalue weighted by Gasteiger charge is -2.12. The van der Waals surface area contributed by atoms with Crippen molar-refractivity contribution in [3.8, 4) is 0 Å². The van der Waals surface area contributed by atoms with E-state index in [1.807, 2.05) is 69.3 Å². The van der Waals surface area contributed by atoms with E-state index in [0.717, 1.165) is 22.3 Å². The molecule has 0 aliphatic carbocycles. The second-order valence-corrected chi connectivity index (χ2v) is 8.46. The molecule has 0 amide bonds. The fourth-order valence-electron chi connectivity index (χ4n) is 2.29. The zero-order valence-electron chi connectivity index (χ0n) is 14.3. The highest BCUT2D eigenvalue weighted by molar-refractivity contribution is 8.07. The van der Waals surface area contributed by atoms with Crippen LogP contribution in [0.5, 0.6) is 0 Å². The monoisotopic (exact) mass is 374 g/mol. The Labute approximate surface area is 152 Å². The molecule has 7 heteroatoms. The number of oxime groups is 2. The minimum atomic E-state index is -3.03. The van der Waals surface area contributed by atoms with E-state index in [2.05, 4.69) is 10.3 Å². The summed E-state index contributed by atoms with van der Waals surface area (Å²) in [6.45, 7) is 3.21. The first-order valence-electron chi connectivity index (χ1n) is 7.93. The van der Waals surface area contributed by atoms with Gasteiger partial charge in [0.1, 0.15) is 11.4 Å². The molecule has 0 bridgehead atoms. The second kappa shape index (κ2) is 7.48. The lowest BCUT2D eigenvalue weighted by Crippen LogP contribution is -2.17. The van der Waals surface area contributed by atoms with E-state index in [0.29, 0.717) is 18.0 Å². The molecule has 130 valence electrons. The van der Waals surface area contributed by atoms with Crippen LogP contribution in [0.4, 0.5) is 0 Å². The minimum absolute atomic E-state index is 0.363. The molecule has 0 atom stereocenters. The van der Waals surface area contributed by atoms with Gasteiger partial charge in [-0.25, -0.2) is 0 Å². The van der Waals surface area contributed by atoms with Gasteiger partial charge in [0.15, 0.2) is 0 Å². The number of benzene rings is 2. The van der Waals surface area contributed by atoms with Gasteiger partial charge in [0.25, 0.3) is 0 Å². The third kappa shape index (κ3) is 4.15. The average molecular weight is 374 g/mol. The van der Waals surface area contributed by atoms with Crippen molar-refractivity contribution >= 4 is 29.9 Å². The number of aryl methyl sites for hydroxylation is 2. The summed E-state index contributed by atoms with van der Waals surface area (Å²) in [4.78, 5) is 0. The maximum atomic E-state index is 5.46. The van der Waals surface area contributed by atoms with Crippen LogP contribution in [-0.4, -0.2) is 18.0 Å².